The molecular formula is C19H24N2O3. The van der Waals surface area contributed by atoms with Crippen LogP contribution in [0.25, 0.3) is 0 Å². The van der Waals surface area contributed by atoms with Crippen LogP contribution in [0.3, 0.4) is 0 Å². The van der Waals surface area contributed by atoms with E-state index < -0.39 is 0 Å². The molecule has 0 amide bonds. The lowest BCUT2D eigenvalue weighted by Crippen LogP contribution is -2.23. The van der Waals surface area contributed by atoms with Gasteiger partial charge in [-0.1, -0.05) is 11.2 Å². The zero-order chi connectivity index (χ0) is 16.5. The Bertz CT molecular complexity index is 706. The summed E-state index contributed by atoms with van der Waals surface area (Å²) < 4.78 is 16.9. The van der Waals surface area contributed by atoms with Crippen LogP contribution in [-0.2, 0) is 6.54 Å². The summed E-state index contributed by atoms with van der Waals surface area (Å²) in [6.07, 6.45) is 3.32. The first-order valence-electron chi connectivity index (χ1n) is 8.78. The molecule has 128 valence electrons. The number of hydrogen-bond donors (Lipinski definition) is 0. The minimum absolute atomic E-state index is 0.413. The van der Waals surface area contributed by atoms with Crippen molar-refractivity contribution in [1.82, 2.24) is 10.1 Å². The Morgan fingerprint density at radius 2 is 1.96 bits per heavy atom. The van der Waals surface area contributed by atoms with E-state index in [-0.39, 0.29) is 0 Å². The predicted molar refractivity (Wildman–Crippen MR) is 90.4 cm³/mol. The molecule has 0 spiro atoms. The van der Waals surface area contributed by atoms with Crippen molar-refractivity contribution in [3.05, 3.63) is 40.8 Å². The van der Waals surface area contributed by atoms with Crippen molar-refractivity contribution in [2.45, 2.75) is 45.7 Å². The SMILES string of the molecule is Cc1noc(C)c1CN1CCCC1c1ccc2c(c1)OCCCO2. The zero-order valence-electron chi connectivity index (χ0n) is 14.4. The molecule has 1 fully saturated rings. The fourth-order valence-corrected chi connectivity index (χ4v) is 3.71. The molecule has 1 atom stereocenters. The van der Waals surface area contributed by atoms with E-state index in [1.807, 2.05) is 13.8 Å². The molecule has 1 aromatic heterocycles. The average Bonchev–Trinajstić information content (AvgIpc) is 3.08. The van der Waals surface area contributed by atoms with Crippen LogP contribution >= 0.6 is 0 Å². The monoisotopic (exact) mass is 328 g/mol. The first-order chi connectivity index (χ1) is 11.7. The summed E-state index contributed by atoms with van der Waals surface area (Å²) in [6, 6.07) is 6.82. The normalized spacial score (nSPS) is 21.0. The van der Waals surface area contributed by atoms with Crippen molar-refractivity contribution < 1.29 is 14.0 Å². The molecule has 0 radical (unpaired) electrons. The van der Waals surface area contributed by atoms with E-state index in [0.29, 0.717) is 6.04 Å². The maximum atomic E-state index is 5.86. The van der Waals surface area contributed by atoms with Crippen LogP contribution < -0.4 is 9.47 Å². The topological polar surface area (TPSA) is 47.7 Å². The number of benzene rings is 1. The van der Waals surface area contributed by atoms with E-state index in [1.165, 1.54) is 24.0 Å². The van der Waals surface area contributed by atoms with E-state index >= 15 is 0 Å². The van der Waals surface area contributed by atoms with E-state index in [1.54, 1.807) is 0 Å². The van der Waals surface area contributed by atoms with Gasteiger partial charge in [-0.2, -0.15) is 0 Å². The quantitative estimate of drug-likeness (QED) is 0.858. The number of aromatic nitrogens is 1. The van der Waals surface area contributed by atoms with Crippen LogP contribution in [0.4, 0.5) is 0 Å². The molecule has 0 saturated carbocycles. The molecule has 24 heavy (non-hydrogen) atoms. The van der Waals surface area contributed by atoms with Crippen molar-refractivity contribution in [2.75, 3.05) is 19.8 Å². The highest BCUT2D eigenvalue weighted by molar-refractivity contribution is 5.44. The Morgan fingerprint density at radius 3 is 2.75 bits per heavy atom. The smallest absolute Gasteiger partial charge is 0.161 e. The zero-order valence-corrected chi connectivity index (χ0v) is 14.4. The number of nitrogens with zero attached hydrogens (tertiary/aromatic N) is 2. The van der Waals surface area contributed by atoms with Crippen LogP contribution in [-0.4, -0.2) is 29.8 Å². The van der Waals surface area contributed by atoms with Crippen LogP contribution in [0.2, 0.25) is 0 Å². The summed E-state index contributed by atoms with van der Waals surface area (Å²) in [6.45, 7) is 7.46. The minimum Gasteiger partial charge on any atom is -0.490 e. The van der Waals surface area contributed by atoms with Gasteiger partial charge in [0.25, 0.3) is 0 Å². The highest BCUT2D eigenvalue weighted by Crippen LogP contribution is 2.38. The Balaban J connectivity index is 1.57. The van der Waals surface area contributed by atoms with E-state index in [2.05, 4.69) is 28.3 Å². The van der Waals surface area contributed by atoms with Gasteiger partial charge in [-0.25, -0.2) is 0 Å². The number of likely N-dealkylation sites (tertiary alicyclic amines) is 1. The molecule has 5 heteroatoms. The minimum atomic E-state index is 0.413. The Hall–Kier alpha value is -2.01. The Morgan fingerprint density at radius 1 is 1.12 bits per heavy atom. The van der Waals surface area contributed by atoms with Gasteiger partial charge in [-0.3, -0.25) is 4.90 Å². The molecule has 2 aliphatic rings. The maximum Gasteiger partial charge on any atom is 0.161 e. The lowest BCUT2D eigenvalue weighted by Gasteiger charge is -2.25. The summed E-state index contributed by atoms with van der Waals surface area (Å²) in [5.74, 6) is 2.68. The van der Waals surface area contributed by atoms with Crippen LogP contribution in [0.5, 0.6) is 11.5 Å². The molecule has 1 aromatic carbocycles. The summed E-state index contributed by atoms with van der Waals surface area (Å²) in [4.78, 5) is 2.52. The maximum absolute atomic E-state index is 5.86. The van der Waals surface area contributed by atoms with Gasteiger partial charge in [-0.15, -0.1) is 0 Å². The molecule has 3 heterocycles. The van der Waals surface area contributed by atoms with Gasteiger partial charge >= 0.3 is 0 Å². The molecule has 2 aromatic rings. The third kappa shape index (κ3) is 2.88. The number of aryl methyl sites for hydroxylation is 2. The Labute approximate surface area is 142 Å². The molecule has 5 nitrogen and oxygen atoms in total. The fraction of sp³-hybridized carbons (Fsp3) is 0.526. The van der Waals surface area contributed by atoms with Gasteiger partial charge < -0.3 is 14.0 Å². The second kappa shape index (κ2) is 6.48. The van der Waals surface area contributed by atoms with Crippen molar-refractivity contribution in [3.8, 4) is 11.5 Å². The third-order valence-corrected chi connectivity index (χ3v) is 5.06. The Kier molecular flexibility index (Phi) is 4.19. The summed E-state index contributed by atoms with van der Waals surface area (Å²) >= 11 is 0. The van der Waals surface area contributed by atoms with Gasteiger partial charge in [0, 0.05) is 24.6 Å². The first-order valence-corrected chi connectivity index (χ1v) is 8.78. The second-order valence-electron chi connectivity index (χ2n) is 6.69. The number of hydrogen-bond acceptors (Lipinski definition) is 5. The summed E-state index contributed by atoms with van der Waals surface area (Å²) in [5.41, 5.74) is 3.52. The summed E-state index contributed by atoms with van der Waals surface area (Å²) in [5, 5.41) is 4.09. The van der Waals surface area contributed by atoms with Gasteiger partial charge in [0.2, 0.25) is 0 Å². The highest BCUT2D eigenvalue weighted by atomic mass is 16.5. The van der Waals surface area contributed by atoms with E-state index in [4.69, 9.17) is 14.0 Å². The summed E-state index contributed by atoms with van der Waals surface area (Å²) in [7, 11) is 0. The lowest BCUT2D eigenvalue weighted by molar-refractivity contribution is 0.245. The van der Waals surface area contributed by atoms with Gasteiger partial charge in [0.05, 0.1) is 18.9 Å². The number of ether oxygens (including phenoxy) is 2. The molecule has 1 unspecified atom stereocenters. The highest BCUT2D eigenvalue weighted by Gasteiger charge is 2.28. The lowest BCUT2D eigenvalue weighted by atomic mass is 10.0. The van der Waals surface area contributed by atoms with Crippen molar-refractivity contribution in [2.24, 2.45) is 0 Å². The molecule has 2 aliphatic heterocycles. The van der Waals surface area contributed by atoms with Crippen LogP contribution in [0.1, 0.15) is 47.9 Å². The van der Waals surface area contributed by atoms with Gasteiger partial charge in [0.15, 0.2) is 11.5 Å². The van der Waals surface area contributed by atoms with Crippen molar-refractivity contribution in [3.63, 3.8) is 0 Å². The van der Waals surface area contributed by atoms with Crippen LogP contribution in [0.15, 0.2) is 22.7 Å². The fourth-order valence-electron chi connectivity index (χ4n) is 3.71. The first kappa shape index (κ1) is 15.5. The average molecular weight is 328 g/mol. The van der Waals surface area contributed by atoms with Gasteiger partial charge in [0.1, 0.15) is 5.76 Å². The largest absolute Gasteiger partial charge is 0.490 e. The molecular weight excluding hydrogens is 304 g/mol. The second-order valence-corrected chi connectivity index (χ2v) is 6.69. The molecule has 0 aliphatic carbocycles. The predicted octanol–water partition coefficient (Wildman–Crippen LogP) is 3.79. The molecule has 4 rings (SSSR count). The molecule has 1 saturated heterocycles. The van der Waals surface area contributed by atoms with Crippen molar-refractivity contribution >= 4 is 0 Å². The molecule has 0 bridgehead atoms. The third-order valence-electron chi connectivity index (χ3n) is 5.06. The van der Waals surface area contributed by atoms with Gasteiger partial charge in [-0.05, 0) is 50.9 Å². The molecule has 0 N–H and O–H groups in total. The van der Waals surface area contributed by atoms with Crippen molar-refractivity contribution in [1.29, 1.82) is 0 Å². The van der Waals surface area contributed by atoms with E-state index in [0.717, 1.165) is 55.7 Å². The number of fused-ring (bicyclic) bond motifs is 1. The van der Waals surface area contributed by atoms with E-state index in [9.17, 15) is 0 Å². The van der Waals surface area contributed by atoms with Crippen LogP contribution in [0, 0.1) is 13.8 Å². The standard InChI is InChI=1S/C19H24N2O3/c1-13-16(14(2)24-20-13)12-21-8-3-5-17(21)15-6-7-18-19(11-15)23-10-4-9-22-18/h6-7,11,17H,3-5,8-10,12H2,1-2H3. The number of rotatable bonds is 3.